The Kier molecular flexibility index (Phi) is 4.73. The maximum atomic E-state index is 12.7. The van der Waals surface area contributed by atoms with Crippen LogP contribution in [0.15, 0.2) is 88.2 Å². The molecule has 31 heavy (non-hydrogen) atoms. The molecule has 152 valence electrons. The number of nitrogens with zero attached hydrogens (tertiary/aromatic N) is 1. The van der Waals surface area contributed by atoms with Crippen molar-refractivity contribution in [3.8, 4) is 33.7 Å². The van der Waals surface area contributed by atoms with Crippen LogP contribution in [-0.2, 0) is 6.54 Å². The number of aromatic amines is 1. The second-order valence-corrected chi connectivity index (χ2v) is 7.54. The summed E-state index contributed by atoms with van der Waals surface area (Å²) >= 11 is 0. The van der Waals surface area contributed by atoms with Gasteiger partial charge in [-0.1, -0.05) is 54.6 Å². The van der Waals surface area contributed by atoms with Crippen LogP contribution < -0.4 is 11.3 Å². The minimum atomic E-state index is -0.175. The second-order valence-electron chi connectivity index (χ2n) is 7.54. The van der Waals surface area contributed by atoms with E-state index in [2.05, 4.69) is 35.0 Å². The molecule has 3 heterocycles. The highest BCUT2D eigenvalue weighted by Crippen LogP contribution is 2.35. The topological polar surface area (TPSA) is 86.5 Å². The van der Waals surface area contributed by atoms with E-state index in [0.29, 0.717) is 16.7 Å². The van der Waals surface area contributed by atoms with Gasteiger partial charge in [-0.05, 0) is 30.7 Å². The number of aromatic nitrogens is 2. The molecule has 0 saturated carbocycles. The van der Waals surface area contributed by atoms with Crippen molar-refractivity contribution in [3.05, 3.63) is 101 Å². The van der Waals surface area contributed by atoms with Gasteiger partial charge < -0.3 is 15.1 Å². The summed E-state index contributed by atoms with van der Waals surface area (Å²) in [5.74, 6) is 1.48. The van der Waals surface area contributed by atoms with Crippen molar-refractivity contribution < 1.29 is 10.2 Å². The van der Waals surface area contributed by atoms with Crippen molar-refractivity contribution in [2.24, 2.45) is 0 Å². The van der Waals surface area contributed by atoms with E-state index in [9.17, 15) is 4.79 Å². The Morgan fingerprint density at radius 2 is 1.71 bits per heavy atom. The van der Waals surface area contributed by atoms with Gasteiger partial charge in [0.2, 0.25) is 0 Å². The smallest absolute Gasteiger partial charge is 0.257 e. The largest absolute Gasteiger partial charge is 0.461 e. The van der Waals surface area contributed by atoms with Gasteiger partial charge in [-0.2, -0.15) is 0 Å². The van der Waals surface area contributed by atoms with Gasteiger partial charge in [0.1, 0.15) is 11.5 Å². The third-order valence-electron chi connectivity index (χ3n) is 5.48. The Labute approximate surface area is 179 Å². The number of H-pyrrole nitrogens is 1. The molecular formula is C26H22N3O2+. The van der Waals surface area contributed by atoms with Crippen molar-refractivity contribution in [1.82, 2.24) is 9.97 Å². The number of quaternary nitrogens is 1. The molecule has 5 rings (SSSR count). The Balaban J connectivity index is 1.84. The first-order chi connectivity index (χ1) is 15.1. The number of hydrogen-bond acceptors (Lipinski definition) is 3. The molecule has 0 aliphatic rings. The monoisotopic (exact) mass is 408 g/mol. The van der Waals surface area contributed by atoms with Crippen LogP contribution in [0.5, 0.6) is 0 Å². The number of furan rings is 1. The zero-order chi connectivity index (χ0) is 21.4. The van der Waals surface area contributed by atoms with Gasteiger partial charge in [0.05, 0.1) is 28.7 Å². The van der Waals surface area contributed by atoms with Crippen molar-refractivity contribution in [3.63, 3.8) is 0 Å². The number of nitrogens with one attached hydrogen (secondary N) is 1. The first-order valence-electron chi connectivity index (χ1n) is 10.2. The lowest BCUT2D eigenvalue weighted by atomic mass is 9.96. The molecule has 0 spiro atoms. The predicted octanol–water partition coefficient (Wildman–Crippen LogP) is 4.57. The quantitative estimate of drug-likeness (QED) is 0.457. The summed E-state index contributed by atoms with van der Waals surface area (Å²) in [7, 11) is 0. The minimum Gasteiger partial charge on any atom is -0.461 e. The van der Waals surface area contributed by atoms with E-state index in [1.807, 2.05) is 55.5 Å². The minimum absolute atomic E-state index is 0.175. The number of hydrogen-bond donors (Lipinski definition) is 2. The summed E-state index contributed by atoms with van der Waals surface area (Å²) < 4.78 is 5.84. The van der Waals surface area contributed by atoms with Gasteiger partial charge in [0.25, 0.3) is 5.56 Å². The van der Waals surface area contributed by atoms with E-state index in [1.54, 1.807) is 6.20 Å². The third kappa shape index (κ3) is 3.45. The normalized spacial score (nSPS) is 11.2. The number of fused-ring (bicyclic) bond motifs is 1. The fourth-order valence-electron chi connectivity index (χ4n) is 3.83. The van der Waals surface area contributed by atoms with E-state index < -0.39 is 0 Å². The average Bonchev–Trinajstić information content (AvgIpc) is 3.25. The van der Waals surface area contributed by atoms with Crippen LogP contribution in [0.2, 0.25) is 0 Å². The number of pyridine rings is 2. The van der Waals surface area contributed by atoms with E-state index in [4.69, 9.17) is 9.40 Å². The molecule has 3 aromatic heterocycles. The molecule has 0 amide bonds. The van der Waals surface area contributed by atoms with E-state index in [-0.39, 0.29) is 5.56 Å². The average molecular weight is 408 g/mol. The molecule has 0 fully saturated rings. The van der Waals surface area contributed by atoms with Crippen LogP contribution in [-0.4, -0.2) is 9.97 Å². The van der Waals surface area contributed by atoms with Gasteiger partial charge >= 0.3 is 0 Å². The van der Waals surface area contributed by atoms with Gasteiger partial charge in [0.15, 0.2) is 0 Å². The van der Waals surface area contributed by atoms with E-state index >= 15 is 0 Å². The number of aryl methyl sites for hydroxylation is 1. The Hall–Kier alpha value is -3.96. The maximum absolute atomic E-state index is 12.7. The summed E-state index contributed by atoms with van der Waals surface area (Å²) in [6, 6.07) is 24.0. The molecule has 0 unspecified atom stereocenters. The fourth-order valence-corrected chi connectivity index (χ4v) is 3.83. The molecule has 4 N–H and O–H groups in total. The molecule has 0 aliphatic heterocycles. The molecule has 0 atom stereocenters. The predicted molar refractivity (Wildman–Crippen MR) is 122 cm³/mol. The zero-order valence-electron chi connectivity index (χ0n) is 17.2. The summed E-state index contributed by atoms with van der Waals surface area (Å²) in [5.41, 5.74) is 10.1. The second kappa shape index (κ2) is 7.70. The Bertz CT molecular complexity index is 1430. The van der Waals surface area contributed by atoms with Gasteiger partial charge in [-0.3, -0.25) is 4.79 Å². The molecular weight excluding hydrogens is 386 g/mol. The highest BCUT2D eigenvalue weighted by Gasteiger charge is 2.17. The molecule has 5 heteroatoms. The lowest BCUT2D eigenvalue weighted by Crippen LogP contribution is -2.47. The molecule has 5 aromatic rings. The molecule has 0 saturated heterocycles. The maximum Gasteiger partial charge on any atom is 0.257 e. The highest BCUT2D eigenvalue weighted by molar-refractivity contribution is 5.97. The first-order valence-corrected chi connectivity index (χ1v) is 10.2. The van der Waals surface area contributed by atoms with Crippen molar-refractivity contribution >= 4 is 10.9 Å². The van der Waals surface area contributed by atoms with Gasteiger partial charge in [-0.15, -0.1) is 0 Å². The number of rotatable bonds is 4. The molecule has 0 aliphatic carbocycles. The zero-order valence-corrected chi connectivity index (χ0v) is 17.2. The lowest BCUT2D eigenvalue weighted by molar-refractivity contribution is -0.386. The third-order valence-corrected chi connectivity index (χ3v) is 5.48. The summed E-state index contributed by atoms with van der Waals surface area (Å²) in [6.45, 7) is 2.63. The fraction of sp³-hybridized carbons (Fsp3) is 0.0769. The molecule has 2 aromatic carbocycles. The van der Waals surface area contributed by atoms with Crippen molar-refractivity contribution in [2.45, 2.75) is 13.5 Å². The van der Waals surface area contributed by atoms with Crippen LogP contribution in [0.3, 0.4) is 0 Å². The summed E-state index contributed by atoms with van der Waals surface area (Å²) in [6.07, 6.45) is 1.67. The SMILES string of the molecule is Cc1ccc(-c2c[nH]c(=O)c3cc(-c4ccccc4)c(-c4ccc(C[NH3+])cc4)nc23)o1. The van der Waals surface area contributed by atoms with Crippen molar-refractivity contribution in [2.75, 3.05) is 0 Å². The lowest BCUT2D eigenvalue weighted by Gasteiger charge is -2.13. The number of benzene rings is 2. The highest BCUT2D eigenvalue weighted by atomic mass is 16.3. The van der Waals surface area contributed by atoms with E-state index in [0.717, 1.165) is 45.8 Å². The Morgan fingerprint density at radius 3 is 2.39 bits per heavy atom. The standard InChI is InChI=1S/C26H21N3O2/c1-16-7-12-23(31-16)22-15-28-26(30)21-13-20(18-5-3-2-4-6-18)24(29-25(21)22)19-10-8-17(14-27)9-11-19/h2-13,15H,14,27H2,1H3,(H,28,30)/p+1. The van der Waals surface area contributed by atoms with E-state index in [1.165, 1.54) is 0 Å². The molecule has 0 bridgehead atoms. The van der Waals surface area contributed by atoms with Crippen molar-refractivity contribution in [1.29, 1.82) is 0 Å². The van der Waals surface area contributed by atoms with Crippen LogP contribution in [0.4, 0.5) is 0 Å². The summed E-state index contributed by atoms with van der Waals surface area (Å²) in [5, 5.41) is 0.531. The van der Waals surface area contributed by atoms with Crippen LogP contribution in [0, 0.1) is 6.92 Å². The van der Waals surface area contributed by atoms with Gasteiger partial charge in [0, 0.05) is 22.9 Å². The van der Waals surface area contributed by atoms with Crippen LogP contribution in [0.25, 0.3) is 44.6 Å². The van der Waals surface area contributed by atoms with Gasteiger partial charge in [-0.25, -0.2) is 4.98 Å². The first kappa shape index (κ1) is 19.0. The Morgan fingerprint density at radius 1 is 0.935 bits per heavy atom. The molecule has 5 nitrogen and oxygen atoms in total. The molecule has 0 radical (unpaired) electrons. The van der Waals surface area contributed by atoms with Crippen LogP contribution in [0.1, 0.15) is 11.3 Å². The summed E-state index contributed by atoms with van der Waals surface area (Å²) in [4.78, 5) is 20.6. The van der Waals surface area contributed by atoms with Crippen LogP contribution >= 0.6 is 0 Å².